The van der Waals surface area contributed by atoms with Crippen LogP contribution in [0.15, 0.2) is 11.6 Å². The summed E-state index contributed by atoms with van der Waals surface area (Å²) in [5.41, 5.74) is 1.47. The van der Waals surface area contributed by atoms with E-state index in [2.05, 4.69) is 39.1 Å². The highest BCUT2D eigenvalue weighted by Crippen LogP contribution is 2.28. The van der Waals surface area contributed by atoms with Crippen LogP contribution in [0.3, 0.4) is 0 Å². The summed E-state index contributed by atoms with van der Waals surface area (Å²) >= 11 is 0. The second-order valence-corrected chi connectivity index (χ2v) is 5.82. The maximum atomic E-state index is 9.54. The molecule has 0 fully saturated rings. The molecule has 2 nitrogen and oxygen atoms in total. The smallest absolute Gasteiger partial charge is 0.0613 e. The van der Waals surface area contributed by atoms with Crippen molar-refractivity contribution in [3.05, 3.63) is 11.6 Å². The second kappa shape index (κ2) is 6.55. The predicted molar refractivity (Wildman–Crippen MR) is 74.0 cm³/mol. The minimum atomic E-state index is -0.0572. The molecule has 0 aromatic rings. The number of hydrogen-bond donors (Lipinski definition) is 2. The standard InChI is InChI=1S/C15H29NO/c1-5-15(6-2,11-17)16-10-14-8-12(3)7-13(4)9-14/h7,12,14,16-17H,5-6,8-11H2,1-4H3. The molecule has 1 aliphatic rings. The van der Waals surface area contributed by atoms with E-state index >= 15 is 0 Å². The van der Waals surface area contributed by atoms with Crippen molar-refractivity contribution < 1.29 is 5.11 Å². The van der Waals surface area contributed by atoms with Gasteiger partial charge in [0.15, 0.2) is 0 Å². The Hall–Kier alpha value is -0.340. The molecule has 0 amide bonds. The van der Waals surface area contributed by atoms with Crippen LogP contribution in [-0.2, 0) is 0 Å². The number of aliphatic hydroxyl groups excluding tert-OH is 1. The number of aliphatic hydroxyl groups is 1. The molecule has 0 bridgehead atoms. The van der Waals surface area contributed by atoms with E-state index in [-0.39, 0.29) is 12.1 Å². The van der Waals surface area contributed by atoms with Gasteiger partial charge in [-0.1, -0.05) is 32.4 Å². The summed E-state index contributed by atoms with van der Waals surface area (Å²) in [4.78, 5) is 0. The van der Waals surface area contributed by atoms with Crippen molar-refractivity contribution in [2.24, 2.45) is 11.8 Å². The molecular weight excluding hydrogens is 210 g/mol. The van der Waals surface area contributed by atoms with Crippen LogP contribution in [0.4, 0.5) is 0 Å². The first-order valence-corrected chi connectivity index (χ1v) is 7.08. The third-order valence-corrected chi connectivity index (χ3v) is 4.31. The molecule has 0 saturated heterocycles. The highest BCUT2D eigenvalue weighted by Gasteiger charge is 2.26. The fourth-order valence-electron chi connectivity index (χ4n) is 2.98. The van der Waals surface area contributed by atoms with E-state index in [9.17, 15) is 5.11 Å². The quantitative estimate of drug-likeness (QED) is 0.698. The van der Waals surface area contributed by atoms with Crippen LogP contribution in [-0.4, -0.2) is 23.8 Å². The van der Waals surface area contributed by atoms with Gasteiger partial charge >= 0.3 is 0 Å². The van der Waals surface area contributed by atoms with Crippen molar-refractivity contribution >= 4 is 0 Å². The van der Waals surface area contributed by atoms with Crippen LogP contribution >= 0.6 is 0 Å². The summed E-state index contributed by atoms with van der Waals surface area (Å²) in [7, 11) is 0. The zero-order chi connectivity index (χ0) is 12.9. The molecule has 0 aromatic heterocycles. The van der Waals surface area contributed by atoms with Crippen LogP contribution in [0.2, 0.25) is 0 Å². The number of rotatable bonds is 6. The van der Waals surface area contributed by atoms with Gasteiger partial charge < -0.3 is 10.4 Å². The first kappa shape index (κ1) is 14.7. The van der Waals surface area contributed by atoms with Gasteiger partial charge in [-0.05, 0) is 51.0 Å². The summed E-state index contributed by atoms with van der Waals surface area (Å²) in [6.07, 6.45) is 6.88. The minimum absolute atomic E-state index is 0.0572. The zero-order valence-electron chi connectivity index (χ0n) is 11.9. The number of nitrogens with one attached hydrogen (secondary N) is 1. The molecule has 0 aromatic carbocycles. The molecule has 2 atom stereocenters. The van der Waals surface area contributed by atoms with Gasteiger partial charge in [0, 0.05) is 5.54 Å². The maximum absolute atomic E-state index is 9.54. The average Bonchev–Trinajstić information content (AvgIpc) is 2.30. The lowest BCUT2D eigenvalue weighted by Crippen LogP contribution is -2.49. The lowest BCUT2D eigenvalue weighted by atomic mass is 9.83. The minimum Gasteiger partial charge on any atom is -0.394 e. The highest BCUT2D eigenvalue weighted by atomic mass is 16.3. The molecule has 0 heterocycles. The Labute approximate surface area is 106 Å². The fraction of sp³-hybridized carbons (Fsp3) is 0.867. The van der Waals surface area contributed by atoms with Crippen molar-refractivity contribution in [2.45, 2.75) is 58.9 Å². The van der Waals surface area contributed by atoms with E-state index in [1.54, 1.807) is 0 Å². The van der Waals surface area contributed by atoms with Crippen molar-refractivity contribution in [3.8, 4) is 0 Å². The Morgan fingerprint density at radius 1 is 1.41 bits per heavy atom. The predicted octanol–water partition coefficient (Wildman–Crippen LogP) is 3.12. The normalized spacial score (nSPS) is 25.8. The van der Waals surface area contributed by atoms with E-state index in [1.165, 1.54) is 18.4 Å². The third-order valence-electron chi connectivity index (χ3n) is 4.31. The molecule has 1 aliphatic carbocycles. The average molecular weight is 239 g/mol. The summed E-state index contributed by atoms with van der Waals surface area (Å²) < 4.78 is 0. The molecule has 1 rings (SSSR count). The zero-order valence-corrected chi connectivity index (χ0v) is 11.9. The summed E-state index contributed by atoms with van der Waals surface area (Å²) in [5, 5.41) is 13.2. The van der Waals surface area contributed by atoms with Crippen molar-refractivity contribution in [2.75, 3.05) is 13.2 Å². The van der Waals surface area contributed by atoms with E-state index < -0.39 is 0 Å². The Kier molecular flexibility index (Phi) is 5.68. The first-order chi connectivity index (χ1) is 8.05. The van der Waals surface area contributed by atoms with E-state index in [4.69, 9.17) is 0 Å². The van der Waals surface area contributed by atoms with Gasteiger partial charge in [-0.3, -0.25) is 0 Å². The van der Waals surface area contributed by atoms with Gasteiger partial charge in [0.1, 0.15) is 0 Å². The molecule has 17 heavy (non-hydrogen) atoms. The fourth-order valence-corrected chi connectivity index (χ4v) is 2.98. The molecular formula is C15H29NO. The lowest BCUT2D eigenvalue weighted by Gasteiger charge is -2.34. The summed E-state index contributed by atoms with van der Waals surface area (Å²) in [6.45, 7) is 10.1. The van der Waals surface area contributed by atoms with Crippen molar-refractivity contribution in [1.82, 2.24) is 5.32 Å². The van der Waals surface area contributed by atoms with Crippen molar-refractivity contribution in [3.63, 3.8) is 0 Å². The second-order valence-electron chi connectivity index (χ2n) is 5.82. The van der Waals surface area contributed by atoms with Crippen LogP contribution < -0.4 is 5.32 Å². The third kappa shape index (κ3) is 4.11. The largest absolute Gasteiger partial charge is 0.394 e. The maximum Gasteiger partial charge on any atom is 0.0613 e. The first-order valence-electron chi connectivity index (χ1n) is 7.08. The van der Waals surface area contributed by atoms with Gasteiger partial charge in [-0.25, -0.2) is 0 Å². The molecule has 0 saturated carbocycles. The summed E-state index contributed by atoms with van der Waals surface area (Å²) in [6, 6.07) is 0. The highest BCUT2D eigenvalue weighted by molar-refractivity contribution is 5.06. The van der Waals surface area contributed by atoms with Crippen LogP contribution in [0.5, 0.6) is 0 Å². The van der Waals surface area contributed by atoms with Crippen molar-refractivity contribution in [1.29, 1.82) is 0 Å². The Morgan fingerprint density at radius 3 is 2.53 bits per heavy atom. The van der Waals surface area contributed by atoms with Gasteiger partial charge in [0.2, 0.25) is 0 Å². The summed E-state index contributed by atoms with van der Waals surface area (Å²) in [5.74, 6) is 1.45. The molecule has 0 spiro atoms. The van der Waals surface area contributed by atoms with Crippen LogP contribution in [0.25, 0.3) is 0 Å². The van der Waals surface area contributed by atoms with E-state index in [1.807, 2.05) is 0 Å². The number of allylic oxidation sites excluding steroid dienone is 2. The number of hydrogen-bond acceptors (Lipinski definition) is 2. The molecule has 0 aliphatic heterocycles. The Balaban J connectivity index is 2.48. The molecule has 2 N–H and O–H groups in total. The van der Waals surface area contributed by atoms with Gasteiger partial charge in [0.25, 0.3) is 0 Å². The topological polar surface area (TPSA) is 32.3 Å². The Bertz CT molecular complexity index is 247. The van der Waals surface area contributed by atoms with Crippen LogP contribution in [0.1, 0.15) is 53.4 Å². The lowest BCUT2D eigenvalue weighted by molar-refractivity contribution is 0.143. The SMILES string of the molecule is CCC(CC)(CO)NCC1CC(C)=CC(C)C1. The molecule has 2 heteroatoms. The Morgan fingerprint density at radius 2 is 2.06 bits per heavy atom. The van der Waals surface area contributed by atoms with E-state index in [0.717, 1.165) is 25.3 Å². The van der Waals surface area contributed by atoms with Crippen LogP contribution in [0, 0.1) is 11.8 Å². The van der Waals surface area contributed by atoms with E-state index in [0.29, 0.717) is 5.92 Å². The van der Waals surface area contributed by atoms with Gasteiger partial charge in [-0.15, -0.1) is 0 Å². The van der Waals surface area contributed by atoms with Gasteiger partial charge in [-0.2, -0.15) is 0 Å². The molecule has 100 valence electrons. The van der Waals surface area contributed by atoms with Gasteiger partial charge in [0.05, 0.1) is 6.61 Å². The molecule has 2 unspecified atom stereocenters. The molecule has 0 radical (unpaired) electrons. The monoisotopic (exact) mass is 239 g/mol.